The van der Waals surface area contributed by atoms with E-state index in [1.807, 2.05) is 47.4 Å². The Morgan fingerprint density at radius 3 is 2.74 bits per heavy atom. The van der Waals surface area contributed by atoms with Crippen molar-refractivity contribution in [2.24, 2.45) is 0 Å². The Morgan fingerprint density at radius 2 is 2.00 bits per heavy atom. The summed E-state index contributed by atoms with van der Waals surface area (Å²) in [6.45, 7) is 0.436. The molecule has 2 aromatic rings. The van der Waals surface area contributed by atoms with Crippen LogP contribution in [0.5, 0.6) is 5.75 Å². The van der Waals surface area contributed by atoms with Crippen molar-refractivity contribution in [3.8, 4) is 5.75 Å². The molecule has 0 radical (unpaired) electrons. The molecular formula is C18H16BrNO3. The first-order chi connectivity index (χ1) is 11.2. The highest BCUT2D eigenvalue weighted by Gasteiger charge is 2.45. The number of hydrogen-bond acceptors (Lipinski definition) is 3. The highest BCUT2D eigenvalue weighted by atomic mass is 79.9. The molecule has 2 atom stereocenters. The van der Waals surface area contributed by atoms with Crippen molar-refractivity contribution < 1.29 is 14.3 Å². The molecule has 2 heterocycles. The van der Waals surface area contributed by atoms with Crippen molar-refractivity contribution in [3.63, 3.8) is 0 Å². The smallest absolute Gasteiger partial charge is 0.411 e. The highest BCUT2D eigenvalue weighted by Crippen LogP contribution is 2.46. The number of rotatable bonds is 2. The third kappa shape index (κ3) is 2.22. The van der Waals surface area contributed by atoms with Gasteiger partial charge >= 0.3 is 6.09 Å². The van der Waals surface area contributed by atoms with Crippen LogP contribution in [0.4, 0.5) is 4.79 Å². The molecule has 2 aliphatic rings. The summed E-state index contributed by atoms with van der Waals surface area (Å²) >= 11 is 3.66. The predicted molar refractivity (Wildman–Crippen MR) is 89.7 cm³/mol. The molecule has 1 saturated heterocycles. The van der Waals surface area contributed by atoms with Crippen LogP contribution in [0.25, 0.3) is 0 Å². The molecule has 0 unspecified atom stereocenters. The fourth-order valence-electron chi connectivity index (χ4n) is 3.58. The Hall–Kier alpha value is -2.01. The summed E-state index contributed by atoms with van der Waals surface area (Å²) in [6, 6.07) is 13.9. The van der Waals surface area contributed by atoms with E-state index >= 15 is 0 Å². The molecule has 4 rings (SSSR count). The zero-order valence-corrected chi connectivity index (χ0v) is 14.2. The lowest BCUT2D eigenvalue weighted by atomic mass is 9.85. The average molecular weight is 374 g/mol. The second-order valence-corrected chi connectivity index (χ2v) is 6.65. The van der Waals surface area contributed by atoms with Crippen LogP contribution in [-0.2, 0) is 11.2 Å². The largest absolute Gasteiger partial charge is 0.496 e. The zero-order valence-electron chi connectivity index (χ0n) is 12.7. The number of halogens is 1. The second kappa shape index (κ2) is 5.57. The molecule has 1 fully saturated rings. The standard InChI is InChI=1S/C18H16BrNO3/c1-22-15-8-7-14(19)13-9-12-10-23-18(21)20(12)17(16(13)15)11-5-3-2-4-6-11/h2-8,12,17H,9-10H2,1H3/t12-,17+/m0/s1. The van der Waals surface area contributed by atoms with Crippen LogP contribution >= 0.6 is 15.9 Å². The Morgan fingerprint density at radius 1 is 1.22 bits per heavy atom. The van der Waals surface area contributed by atoms with Crippen LogP contribution in [0, 0.1) is 0 Å². The van der Waals surface area contributed by atoms with Gasteiger partial charge in [0.15, 0.2) is 0 Å². The van der Waals surface area contributed by atoms with Gasteiger partial charge in [-0.2, -0.15) is 0 Å². The number of benzene rings is 2. The van der Waals surface area contributed by atoms with Crippen LogP contribution in [0.2, 0.25) is 0 Å². The Balaban J connectivity index is 1.97. The molecule has 2 aromatic carbocycles. The molecule has 0 bridgehead atoms. The summed E-state index contributed by atoms with van der Waals surface area (Å²) in [5, 5.41) is 0. The normalized spacial score (nSPS) is 22.3. The summed E-state index contributed by atoms with van der Waals surface area (Å²) in [5.74, 6) is 0.801. The summed E-state index contributed by atoms with van der Waals surface area (Å²) in [5.41, 5.74) is 3.30. The zero-order chi connectivity index (χ0) is 16.0. The van der Waals surface area contributed by atoms with Gasteiger partial charge in [0.25, 0.3) is 0 Å². The van der Waals surface area contributed by atoms with Crippen LogP contribution < -0.4 is 4.74 Å². The molecule has 23 heavy (non-hydrogen) atoms. The molecule has 0 aromatic heterocycles. The molecule has 4 nitrogen and oxygen atoms in total. The van der Waals surface area contributed by atoms with Crippen molar-refractivity contribution in [3.05, 3.63) is 63.6 Å². The van der Waals surface area contributed by atoms with Crippen LogP contribution in [-0.4, -0.2) is 30.8 Å². The van der Waals surface area contributed by atoms with Crippen molar-refractivity contribution in [2.45, 2.75) is 18.5 Å². The first-order valence-electron chi connectivity index (χ1n) is 7.56. The van der Waals surface area contributed by atoms with Gasteiger partial charge in [-0.15, -0.1) is 0 Å². The van der Waals surface area contributed by atoms with Crippen molar-refractivity contribution in [1.29, 1.82) is 0 Å². The second-order valence-electron chi connectivity index (χ2n) is 5.80. The summed E-state index contributed by atoms with van der Waals surface area (Å²) in [7, 11) is 1.67. The fraction of sp³-hybridized carbons (Fsp3) is 0.278. The molecule has 0 spiro atoms. The summed E-state index contributed by atoms with van der Waals surface area (Å²) in [4.78, 5) is 14.2. The number of methoxy groups -OCH3 is 1. The number of carbonyl (C=O) groups excluding carboxylic acids is 1. The summed E-state index contributed by atoms with van der Waals surface area (Å²) < 4.78 is 12.0. The third-order valence-electron chi connectivity index (χ3n) is 4.59. The maximum Gasteiger partial charge on any atom is 0.411 e. The van der Waals surface area contributed by atoms with Gasteiger partial charge in [-0.05, 0) is 29.7 Å². The number of hydrogen-bond donors (Lipinski definition) is 0. The maximum absolute atomic E-state index is 12.3. The Kier molecular flexibility index (Phi) is 3.53. The van der Waals surface area contributed by atoms with Gasteiger partial charge in [-0.1, -0.05) is 46.3 Å². The fourth-order valence-corrected chi connectivity index (χ4v) is 4.09. The Labute approximate surface area is 143 Å². The molecular weight excluding hydrogens is 358 g/mol. The van der Waals surface area contributed by atoms with E-state index in [0.717, 1.165) is 27.8 Å². The molecule has 5 heteroatoms. The molecule has 118 valence electrons. The third-order valence-corrected chi connectivity index (χ3v) is 5.33. The van der Waals surface area contributed by atoms with Gasteiger partial charge < -0.3 is 9.47 Å². The monoisotopic (exact) mass is 373 g/mol. The number of nitrogens with zero attached hydrogens (tertiary/aromatic N) is 1. The van der Waals surface area contributed by atoms with E-state index in [4.69, 9.17) is 9.47 Å². The van der Waals surface area contributed by atoms with Crippen LogP contribution in [0.15, 0.2) is 46.9 Å². The van der Waals surface area contributed by atoms with Gasteiger partial charge in [0.1, 0.15) is 12.4 Å². The van der Waals surface area contributed by atoms with E-state index in [1.165, 1.54) is 5.56 Å². The van der Waals surface area contributed by atoms with E-state index in [9.17, 15) is 4.79 Å². The number of cyclic esters (lactones) is 1. The number of ether oxygens (including phenoxy) is 2. The van der Waals surface area contributed by atoms with Gasteiger partial charge in [0.2, 0.25) is 0 Å². The van der Waals surface area contributed by atoms with Crippen LogP contribution in [0.3, 0.4) is 0 Å². The van der Waals surface area contributed by atoms with Crippen molar-refractivity contribution in [1.82, 2.24) is 4.90 Å². The minimum absolute atomic E-state index is 0.0589. The maximum atomic E-state index is 12.3. The molecule has 2 aliphatic heterocycles. The quantitative estimate of drug-likeness (QED) is 0.800. The van der Waals surface area contributed by atoms with Crippen molar-refractivity contribution in [2.75, 3.05) is 13.7 Å². The lowest BCUT2D eigenvalue weighted by molar-refractivity contribution is 0.147. The highest BCUT2D eigenvalue weighted by molar-refractivity contribution is 9.10. The van der Waals surface area contributed by atoms with Gasteiger partial charge in [0.05, 0.1) is 19.2 Å². The Bertz CT molecular complexity index is 762. The van der Waals surface area contributed by atoms with Gasteiger partial charge in [0, 0.05) is 10.0 Å². The topological polar surface area (TPSA) is 38.8 Å². The minimum Gasteiger partial charge on any atom is -0.496 e. The first kappa shape index (κ1) is 14.6. The van der Waals surface area contributed by atoms with E-state index in [2.05, 4.69) is 15.9 Å². The van der Waals surface area contributed by atoms with Gasteiger partial charge in [-0.25, -0.2) is 4.79 Å². The van der Waals surface area contributed by atoms with Gasteiger partial charge in [-0.3, -0.25) is 4.90 Å². The SMILES string of the molecule is COc1ccc(Br)c2c1[C@@H](c1ccccc1)N1C(=O)OC[C@@H]1C2. The van der Waals surface area contributed by atoms with E-state index in [-0.39, 0.29) is 18.2 Å². The number of fused-ring (bicyclic) bond motifs is 2. The van der Waals surface area contributed by atoms with Crippen LogP contribution in [0.1, 0.15) is 22.7 Å². The van der Waals surface area contributed by atoms with E-state index in [1.54, 1.807) is 7.11 Å². The average Bonchev–Trinajstić information content (AvgIpc) is 2.96. The lowest BCUT2D eigenvalue weighted by Crippen LogP contribution is -2.43. The predicted octanol–water partition coefficient (Wildman–Crippen LogP) is 3.92. The molecule has 0 aliphatic carbocycles. The molecule has 0 N–H and O–H groups in total. The summed E-state index contributed by atoms with van der Waals surface area (Å²) in [6.07, 6.45) is 0.513. The number of carbonyl (C=O) groups is 1. The first-order valence-corrected chi connectivity index (χ1v) is 8.35. The molecule has 1 amide bonds. The number of amides is 1. The lowest BCUT2D eigenvalue weighted by Gasteiger charge is -2.38. The van der Waals surface area contributed by atoms with E-state index in [0.29, 0.717) is 6.61 Å². The molecule has 0 saturated carbocycles. The minimum atomic E-state index is -0.253. The van der Waals surface area contributed by atoms with Crippen molar-refractivity contribution >= 4 is 22.0 Å². The van der Waals surface area contributed by atoms with E-state index < -0.39 is 0 Å².